The molecule has 0 saturated carbocycles. The van der Waals surface area contributed by atoms with Gasteiger partial charge in [0.2, 0.25) is 5.91 Å². The first-order valence-corrected chi connectivity index (χ1v) is 7.82. The Balaban J connectivity index is 1.86. The van der Waals surface area contributed by atoms with E-state index in [2.05, 4.69) is 27.5 Å². The number of hydrogen-bond acceptors (Lipinski definition) is 3. The molecule has 0 fully saturated rings. The topological polar surface area (TPSA) is 59.3 Å². The maximum Gasteiger partial charge on any atom is 0.226 e. The van der Waals surface area contributed by atoms with Crippen molar-refractivity contribution in [2.75, 3.05) is 5.32 Å². The maximum absolute atomic E-state index is 12.1. The van der Waals surface area contributed by atoms with Crippen LogP contribution in [0.1, 0.15) is 34.9 Å². The van der Waals surface area contributed by atoms with Gasteiger partial charge in [0.1, 0.15) is 0 Å². The van der Waals surface area contributed by atoms with Crippen LogP contribution in [-0.4, -0.2) is 20.5 Å². The molecule has 116 valence electrons. The predicted octanol–water partition coefficient (Wildman–Crippen LogP) is 3.01. The van der Waals surface area contributed by atoms with Crippen molar-refractivity contribution in [2.24, 2.45) is 0 Å². The Morgan fingerprint density at radius 3 is 2.83 bits per heavy atom. The van der Waals surface area contributed by atoms with Crippen molar-refractivity contribution in [3.8, 4) is 0 Å². The summed E-state index contributed by atoms with van der Waals surface area (Å²) in [6.07, 6.45) is 1.29. The molecular weight excluding hydrogens is 288 g/mol. The summed E-state index contributed by atoms with van der Waals surface area (Å²) >= 11 is 0. The van der Waals surface area contributed by atoms with Crippen LogP contribution in [0.2, 0.25) is 0 Å². The fourth-order valence-electron chi connectivity index (χ4n) is 3.39. The monoisotopic (exact) mass is 306 g/mol. The third kappa shape index (κ3) is 2.38. The van der Waals surface area contributed by atoms with E-state index in [1.54, 1.807) is 0 Å². The average Bonchev–Trinajstić information content (AvgIpc) is 2.87. The molecule has 4 rings (SSSR count). The van der Waals surface area contributed by atoms with E-state index in [1.807, 2.05) is 42.6 Å². The number of amides is 1. The number of fused-ring (bicyclic) bond motifs is 3. The molecule has 1 amide bonds. The third-order valence-electron chi connectivity index (χ3n) is 4.35. The Bertz CT molecular complexity index is 898. The fraction of sp³-hybridized carbons (Fsp3) is 0.278. The first-order chi connectivity index (χ1) is 11.1. The standard InChI is InChI=1S/C18H18N4O/c1-11-8-12(2)22-18(19-11)16-14(9-13-6-4-3-5-7-13)10-15(23)20-17(16)21-22/h3-8,14H,9-10H2,1-2H3,(H,20,21,23)/t14-/m0/s1. The van der Waals surface area contributed by atoms with Gasteiger partial charge in [0, 0.05) is 29.3 Å². The second-order valence-electron chi connectivity index (χ2n) is 6.18. The van der Waals surface area contributed by atoms with E-state index in [1.165, 1.54) is 5.56 Å². The summed E-state index contributed by atoms with van der Waals surface area (Å²) in [6, 6.07) is 12.3. The summed E-state index contributed by atoms with van der Waals surface area (Å²) in [6.45, 7) is 3.99. The fourth-order valence-corrected chi connectivity index (χ4v) is 3.39. The van der Waals surface area contributed by atoms with E-state index in [0.717, 1.165) is 29.0 Å². The number of carbonyl (C=O) groups is 1. The van der Waals surface area contributed by atoms with Gasteiger partial charge in [-0.15, -0.1) is 5.10 Å². The Morgan fingerprint density at radius 2 is 2.04 bits per heavy atom. The number of nitrogens with one attached hydrogen (secondary N) is 1. The largest absolute Gasteiger partial charge is 0.309 e. The van der Waals surface area contributed by atoms with Crippen LogP contribution in [0, 0.1) is 13.8 Å². The van der Waals surface area contributed by atoms with Crippen molar-refractivity contribution >= 4 is 17.4 Å². The zero-order valence-electron chi connectivity index (χ0n) is 13.2. The summed E-state index contributed by atoms with van der Waals surface area (Å²) in [5.41, 5.74) is 5.13. The molecule has 5 nitrogen and oxygen atoms in total. The lowest BCUT2D eigenvalue weighted by Gasteiger charge is -2.21. The van der Waals surface area contributed by atoms with Crippen molar-refractivity contribution in [1.82, 2.24) is 14.6 Å². The van der Waals surface area contributed by atoms with Crippen LogP contribution >= 0.6 is 0 Å². The predicted molar refractivity (Wildman–Crippen MR) is 88.6 cm³/mol. The first kappa shape index (κ1) is 13.9. The van der Waals surface area contributed by atoms with Gasteiger partial charge >= 0.3 is 0 Å². The quantitative estimate of drug-likeness (QED) is 0.791. The number of benzene rings is 1. The third-order valence-corrected chi connectivity index (χ3v) is 4.35. The molecule has 0 aliphatic carbocycles. The molecule has 0 radical (unpaired) electrons. The molecule has 0 spiro atoms. The highest BCUT2D eigenvalue weighted by Gasteiger charge is 2.31. The molecule has 23 heavy (non-hydrogen) atoms. The molecule has 0 unspecified atom stereocenters. The van der Waals surface area contributed by atoms with Crippen molar-refractivity contribution in [3.63, 3.8) is 0 Å². The van der Waals surface area contributed by atoms with Crippen LogP contribution in [0.4, 0.5) is 5.82 Å². The second-order valence-corrected chi connectivity index (χ2v) is 6.18. The number of aromatic nitrogens is 3. The van der Waals surface area contributed by atoms with Gasteiger partial charge in [0.05, 0.1) is 0 Å². The molecule has 1 aliphatic heterocycles. The molecule has 3 aromatic rings. The van der Waals surface area contributed by atoms with Gasteiger partial charge in [0.15, 0.2) is 11.5 Å². The number of rotatable bonds is 2. The van der Waals surface area contributed by atoms with Crippen molar-refractivity contribution < 1.29 is 4.79 Å². The Morgan fingerprint density at radius 1 is 1.26 bits per heavy atom. The minimum absolute atomic E-state index is 0.0243. The highest BCUT2D eigenvalue weighted by atomic mass is 16.1. The number of aryl methyl sites for hydroxylation is 2. The summed E-state index contributed by atoms with van der Waals surface area (Å²) < 4.78 is 1.83. The second kappa shape index (κ2) is 5.19. The van der Waals surface area contributed by atoms with Crippen LogP contribution in [0.15, 0.2) is 36.4 Å². The summed E-state index contributed by atoms with van der Waals surface area (Å²) in [5.74, 6) is 0.784. The zero-order chi connectivity index (χ0) is 16.0. The van der Waals surface area contributed by atoms with Crippen molar-refractivity contribution in [2.45, 2.75) is 32.6 Å². The molecule has 2 aromatic heterocycles. The number of nitrogens with zero attached hydrogens (tertiary/aromatic N) is 3. The van der Waals surface area contributed by atoms with Crippen LogP contribution in [0.5, 0.6) is 0 Å². The van der Waals surface area contributed by atoms with Gasteiger partial charge in [-0.3, -0.25) is 4.79 Å². The minimum Gasteiger partial charge on any atom is -0.309 e. The van der Waals surface area contributed by atoms with Gasteiger partial charge < -0.3 is 5.32 Å². The van der Waals surface area contributed by atoms with E-state index in [9.17, 15) is 4.79 Å². The van der Waals surface area contributed by atoms with Gasteiger partial charge in [-0.2, -0.15) is 0 Å². The van der Waals surface area contributed by atoms with Crippen LogP contribution in [0.3, 0.4) is 0 Å². The van der Waals surface area contributed by atoms with E-state index in [4.69, 9.17) is 0 Å². The molecule has 1 aliphatic rings. The summed E-state index contributed by atoms with van der Waals surface area (Å²) in [7, 11) is 0. The van der Waals surface area contributed by atoms with Crippen molar-refractivity contribution in [1.29, 1.82) is 0 Å². The maximum atomic E-state index is 12.1. The molecule has 3 heterocycles. The van der Waals surface area contributed by atoms with Gasteiger partial charge in [-0.05, 0) is 31.9 Å². The molecule has 1 aromatic carbocycles. The van der Waals surface area contributed by atoms with Crippen LogP contribution in [0.25, 0.3) is 5.65 Å². The van der Waals surface area contributed by atoms with E-state index in [0.29, 0.717) is 12.2 Å². The molecular formula is C18H18N4O. The lowest BCUT2D eigenvalue weighted by atomic mass is 9.88. The van der Waals surface area contributed by atoms with E-state index in [-0.39, 0.29) is 11.8 Å². The summed E-state index contributed by atoms with van der Waals surface area (Å²) in [4.78, 5) is 16.8. The summed E-state index contributed by atoms with van der Waals surface area (Å²) in [5, 5.41) is 7.46. The van der Waals surface area contributed by atoms with Gasteiger partial charge in [0.25, 0.3) is 0 Å². The van der Waals surface area contributed by atoms with Gasteiger partial charge in [-0.25, -0.2) is 9.50 Å². The lowest BCUT2D eigenvalue weighted by Crippen LogP contribution is -2.23. The molecule has 1 N–H and O–H groups in total. The highest BCUT2D eigenvalue weighted by molar-refractivity contribution is 5.95. The van der Waals surface area contributed by atoms with Crippen molar-refractivity contribution in [3.05, 3.63) is 58.9 Å². The lowest BCUT2D eigenvalue weighted by molar-refractivity contribution is -0.116. The molecule has 1 atom stereocenters. The Hall–Kier alpha value is -2.69. The minimum atomic E-state index is 0.0243. The molecule has 5 heteroatoms. The van der Waals surface area contributed by atoms with Crippen LogP contribution in [-0.2, 0) is 11.2 Å². The van der Waals surface area contributed by atoms with Crippen LogP contribution < -0.4 is 5.32 Å². The normalized spacial score (nSPS) is 17.1. The number of anilines is 1. The molecule has 0 bridgehead atoms. The number of carbonyl (C=O) groups excluding carboxylic acids is 1. The highest BCUT2D eigenvalue weighted by Crippen LogP contribution is 2.36. The Labute approximate surface area is 134 Å². The SMILES string of the molecule is Cc1cc(C)n2nc3c(c2n1)[C@@H](Cc1ccccc1)CC(=O)N3. The van der Waals surface area contributed by atoms with E-state index >= 15 is 0 Å². The zero-order valence-corrected chi connectivity index (χ0v) is 13.2. The van der Waals surface area contributed by atoms with Gasteiger partial charge in [-0.1, -0.05) is 30.3 Å². The number of hydrogen-bond donors (Lipinski definition) is 1. The average molecular weight is 306 g/mol. The first-order valence-electron chi connectivity index (χ1n) is 7.82. The Kier molecular flexibility index (Phi) is 3.15. The van der Waals surface area contributed by atoms with E-state index < -0.39 is 0 Å². The smallest absolute Gasteiger partial charge is 0.226 e. The molecule has 0 saturated heterocycles.